The van der Waals surface area contributed by atoms with Crippen molar-refractivity contribution in [3.8, 4) is 0 Å². The number of carbonyl (C=O) groups is 1. The maximum Gasteiger partial charge on any atom is 0.251 e. The number of H-pyrrole nitrogens is 1. The first-order valence-corrected chi connectivity index (χ1v) is 7.65. The van der Waals surface area contributed by atoms with Gasteiger partial charge in [0.25, 0.3) is 5.56 Å². The molecule has 0 unspecified atom stereocenters. The Hall–Kier alpha value is -1.30. The molecule has 1 aromatic rings. The molecule has 0 atom stereocenters. The summed E-state index contributed by atoms with van der Waals surface area (Å²) in [7, 11) is 0. The summed E-state index contributed by atoms with van der Waals surface area (Å²) in [5, 5.41) is 3.42. The minimum Gasteiger partial charge on any atom is -0.355 e. The molecule has 1 saturated carbocycles. The monoisotopic (exact) mass is 281 g/mol. The molecular formula is C13H19N3O2S. The number of aryl methyl sites for hydroxylation is 1. The maximum atomic E-state index is 11.6. The van der Waals surface area contributed by atoms with Crippen molar-refractivity contribution in [3.63, 3.8) is 0 Å². The van der Waals surface area contributed by atoms with Crippen molar-refractivity contribution < 1.29 is 4.79 Å². The Balaban J connectivity index is 1.83. The number of nitrogens with zero attached hydrogens (tertiary/aromatic N) is 1. The van der Waals surface area contributed by atoms with E-state index >= 15 is 0 Å². The van der Waals surface area contributed by atoms with E-state index in [9.17, 15) is 9.59 Å². The minimum atomic E-state index is -0.153. The minimum absolute atomic E-state index is 0.000411. The van der Waals surface area contributed by atoms with Gasteiger partial charge in [0.15, 0.2) is 5.16 Å². The highest BCUT2D eigenvalue weighted by Gasteiger charge is 2.21. The number of aromatic amines is 1. The Morgan fingerprint density at radius 2 is 2.37 bits per heavy atom. The summed E-state index contributed by atoms with van der Waals surface area (Å²) in [5.41, 5.74) is 0.631. The van der Waals surface area contributed by atoms with Crippen LogP contribution >= 0.6 is 11.8 Å². The Labute approximate surface area is 116 Å². The molecule has 1 amide bonds. The van der Waals surface area contributed by atoms with Gasteiger partial charge in [0, 0.05) is 18.3 Å². The van der Waals surface area contributed by atoms with Gasteiger partial charge >= 0.3 is 0 Å². The number of carbonyl (C=O) groups excluding carboxylic acids is 1. The smallest absolute Gasteiger partial charge is 0.251 e. The number of amides is 1. The molecule has 1 fully saturated rings. The molecule has 1 aliphatic carbocycles. The highest BCUT2D eigenvalue weighted by molar-refractivity contribution is 7.99. The molecule has 6 heteroatoms. The molecular weight excluding hydrogens is 262 g/mol. The average molecular weight is 281 g/mol. The fourth-order valence-corrected chi connectivity index (χ4v) is 2.43. The van der Waals surface area contributed by atoms with Gasteiger partial charge < -0.3 is 10.3 Å². The molecule has 1 aliphatic rings. The number of hydrogen-bond acceptors (Lipinski definition) is 4. The second-order valence-electron chi connectivity index (χ2n) is 4.83. The summed E-state index contributed by atoms with van der Waals surface area (Å²) in [6, 6.07) is 1.51. The van der Waals surface area contributed by atoms with E-state index in [1.807, 2.05) is 6.92 Å². The molecule has 2 N–H and O–H groups in total. The van der Waals surface area contributed by atoms with Crippen LogP contribution in [0.15, 0.2) is 16.0 Å². The molecule has 5 nitrogen and oxygen atoms in total. The first-order valence-electron chi connectivity index (χ1n) is 6.67. The lowest BCUT2D eigenvalue weighted by Crippen LogP contribution is -2.27. The van der Waals surface area contributed by atoms with Crippen molar-refractivity contribution in [2.24, 2.45) is 5.92 Å². The Bertz CT molecular complexity index is 497. The quantitative estimate of drug-likeness (QED) is 0.584. The summed E-state index contributed by atoms with van der Waals surface area (Å²) in [5.74, 6) is 0.978. The van der Waals surface area contributed by atoms with Gasteiger partial charge in [0.1, 0.15) is 0 Å². The Kier molecular flexibility index (Phi) is 5.01. The maximum absolute atomic E-state index is 11.6. The normalized spacial score (nSPS) is 14.4. The van der Waals surface area contributed by atoms with Gasteiger partial charge in [-0.25, -0.2) is 4.98 Å². The summed E-state index contributed by atoms with van der Waals surface area (Å²) >= 11 is 1.28. The van der Waals surface area contributed by atoms with Gasteiger partial charge in [-0.1, -0.05) is 25.1 Å². The summed E-state index contributed by atoms with van der Waals surface area (Å²) < 4.78 is 0. The summed E-state index contributed by atoms with van der Waals surface area (Å²) in [6.45, 7) is 2.82. The van der Waals surface area contributed by atoms with Crippen LogP contribution in [0.3, 0.4) is 0 Å². The fourth-order valence-electron chi connectivity index (χ4n) is 1.70. The van der Waals surface area contributed by atoms with Gasteiger partial charge in [-0.15, -0.1) is 0 Å². The zero-order valence-corrected chi connectivity index (χ0v) is 11.9. The highest BCUT2D eigenvalue weighted by atomic mass is 32.2. The van der Waals surface area contributed by atoms with Crippen LogP contribution in [0.5, 0.6) is 0 Å². The van der Waals surface area contributed by atoms with Crippen LogP contribution in [-0.2, 0) is 11.2 Å². The fraction of sp³-hybridized carbons (Fsp3) is 0.615. The van der Waals surface area contributed by atoms with Crippen molar-refractivity contribution >= 4 is 17.7 Å². The van der Waals surface area contributed by atoms with Crippen molar-refractivity contribution in [2.75, 3.05) is 12.3 Å². The van der Waals surface area contributed by atoms with Gasteiger partial charge in [-0.3, -0.25) is 9.59 Å². The molecule has 104 valence electrons. The first kappa shape index (κ1) is 14.1. The summed E-state index contributed by atoms with van der Waals surface area (Å²) in [4.78, 5) is 30.0. The van der Waals surface area contributed by atoms with Crippen LogP contribution in [0.2, 0.25) is 0 Å². The van der Waals surface area contributed by atoms with Gasteiger partial charge in [-0.2, -0.15) is 0 Å². The molecule has 19 heavy (non-hydrogen) atoms. The van der Waals surface area contributed by atoms with Crippen molar-refractivity contribution in [1.82, 2.24) is 15.3 Å². The molecule has 1 aromatic heterocycles. The number of rotatable bonds is 7. The van der Waals surface area contributed by atoms with Crippen LogP contribution in [0.4, 0.5) is 0 Å². The number of nitrogens with one attached hydrogen (secondary N) is 2. The van der Waals surface area contributed by atoms with E-state index in [2.05, 4.69) is 15.3 Å². The van der Waals surface area contributed by atoms with Crippen LogP contribution < -0.4 is 10.9 Å². The number of aromatic nitrogens is 2. The van der Waals surface area contributed by atoms with Crippen LogP contribution in [0.25, 0.3) is 0 Å². The van der Waals surface area contributed by atoms with Crippen LogP contribution in [0.1, 0.15) is 31.9 Å². The average Bonchev–Trinajstić information content (AvgIpc) is 3.18. The third kappa shape index (κ3) is 5.06. The van der Waals surface area contributed by atoms with Crippen LogP contribution in [-0.4, -0.2) is 28.2 Å². The molecule has 0 radical (unpaired) electrons. The third-order valence-electron chi connectivity index (χ3n) is 2.90. The Morgan fingerprint density at radius 1 is 1.58 bits per heavy atom. The van der Waals surface area contributed by atoms with Crippen molar-refractivity contribution in [1.29, 1.82) is 0 Å². The van der Waals surface area contributed by atoms with Gasteiger partial charge in [-0.05, 0) is 25.2 Å². The number of thioether (sulfide) groups is 1. The second kappa shape index (κ2) is 6.75. The largest absolute Gasteiger partial charge is 0.355 e. The molecule has 0 aromatic carbocycles. The predicted octanol–water partition coefficient (Wildman–Crippen LogP) is 1.34. The Morgan fingerprint density at radius 3 is 3.05 bits per heavy atom. The molecule has 0 bridgehead atoms. The van der Waals surface area contributed by atoms with Crippen molar-refractivity contribution in [3.05, 3.63) is 22.1 Å². The standard InChI is InChI=1S/C13H19N3O2S/c1-2-3-10-6-11(17)16-13(15-10)19-8-12(18)14-7-9-4-5-9/h6,9H,2-5,7-8H2,1H3,(H,14,18)(H,15,16,17). The zero-order chi connectivity index (χ0) is 13.7. The van der Waals surface area contributed by atoms with E-state index in [4.69, 9.17) is 0 Å². The predicted molar refractivity (Wildman–Crippen MR) is 75.3 cm³/mol. The SMILES string of the molecule is CCCc1cc(=O)[nH]c(SCC(=O)NCC2CC2)n1. The third-order valence-corrected chi connectivity index (χ3v) is 3.78. The molecule has 0 spiro atoms. The second-order valence-corrected chi connectivity index (χ2v) is 5.79. The molecule has 2 rings (SSSR count). The lowest BCUT2D eigenvalue weighted by Gasteiger charge is -2.04. The van der Waals surface area contributed by atoms with E-state index in [1.165, 1.54) is 30.7 Å². The lowest BCUT2D eigenvalue weighted by molar-refractivity contribution is -0.118. The van der Waals surface area contributed by atoms with Gasteiger partial charge in [0.2, 0.25) is 5.91 Å². The topological polar surface area (TPSA) is 74.8 Å². The van der Waals surface area contributed by atoms with E-state index in [0.717, 1.165) is 25.1 Å². The molecule has 1 heterocycles. The lowest BCUT2D eigenvalue weighted by atomic mass is 10.2. The van der Waals surface area contributed by atoms with E-state index in [1.54, 1.807) is 0 Å². The zero-order valence-electron chi connectivity index (χ0n) is 11.1. The van der Waals surface area contributed by atoms with Crippen molar-refractivity contribution in [2.45, 2.75) is 37.8 Å². The van der Waals surface area contributed by atoms with Gasteiger partial charge in [0.05, 0.1) is 5.75 Å². The van der Waals surface area contributed by atoms with E-state index < -0.39 is 0 Å². The first-order chi connectivity index (χ1) is 9.17. The molecule has 0 saturated heterocycles. The van der Waals surface area contributed by atoms with E-state index in [-0.39, 0.29) is 11.5 Å². The molecule has 0 aliphatic heterocycles. The summed E-state index contributed by atoms with van der Waals surface area (Å²) in [6.07, 6.45) is 4.18. The van der Waals surface area contributed by atoms with E-state index in [0.29, 0.717) is 16.8 Å². The number of hydrogen-bond donors (Lipinski definition) is 2. The highest BCUT2D eigenvalue weighted by Crippen LogP contribution is 2.27. The van der Waals surface area contributed by atoms with Crippen LogP contribution in [0, 0.1) is 5.92 Å².